The maximum absolute atomic E-state index is 10.8. The smallest absolute Gasteiger partial charge is 0.311 e. The fourth-order valence-electron chi connectivity index (χ4n) is 2.18. The molecule has 0 atom stereocenters. The third-order valence-electron chi connectivity index (χ3n) is 3.33. The minimum Gasteiger partial charge on any atom is -0.502 e. The molecule has 0 aliphatic heterocycles. The number of nitro groups is 1. The molecule has 0 aliphatic rings. The van der Waals surface area contributed by atoms with Crippen molar-refractivity contribution in [2.45, 2.75) is 0 Å². The summed E-state index contributed by atoms with van der Waals surface area (Å²) < 4.78 is 1.81. The van der Waals surface area contributed by atoms with Gasteiger partial charge in [0, 0.05) is 24.9 Å². The quantitative estimate of drug-likeness (QED) is 0.457. The van der Waals surface area contributed by atoms with E-state index in [2.05, 4.69) is 9.98 Å². The molecule has 1 heterocycles. The van der Waals surface area contributed by atoms with Gasteiger partial charge in [-0.15, -0.1) is 0 Å². The summed E-state index contributed by atoms with van der Waals surface area (Å²) in [6, 6.07) is 11.9. The highest BCUT2D eigenvalue weighted by Gasteiger charge is 2.15. The Morgan fingerprint density at radius 1 is 1.27 bits per heavy atom. The first-order valence-corrected chi connectivity index (χ1v) is 6.50. The molecule has 0 saturated heterocycles. The van der Waals surface area contributed by atoms with Gasteiger partial charge in [0.05, 0.1) is 16.0 Å². The van der Waals surface area contributed by atoms with Crippen molar-refractivity contribution < 1.29 is 10.0 Å². The summed E-state index contributed by atoms with van der Waals surface area (Å²) in [5.74, 6) is 0.0436. The number of rotatable bonds is 3. The molecule has 0 bridgehead atoms. The molecule has 0 amide bonds. The van der Waals surface area contributed by atoms with Crippen LogP contribution in [0, 0.1) is 10.1 Å². The van der Waals surface area contributed by atoms with Crippen LogP contribution in [0.25, 0.3) is 11.0 Å². The molecule has 7 heteroatoms. The number of hydrogen-bond acceptors (Lipinski definition) is 5. The lowest BCUT2D eigenvalue weighted by Crippen LogP contribution is -1.92. The van der Waals surface area contributed by atoms with E-state index in [1.54, 1.807) is 10.6 Å². The lowest BCUT2D eigenvalue weighted by molar-refractivity contribution is -0.385. The standard InChI is InChI=1S/C15H12N4O3/c1-18-12-7-3-2-6-11(12)17-15(18)16-9-10-5-4-8-13(14(10)20)19(21)22/h2-9,20H,1H3. The second-order valence-electron chi connectivity index (χ2n) is 4.69. The molecule has 0 spiro atoms. The number of imidazole rings is 1. The number of phenolic OH excluding ortho intramolecular Hbond substituents is 1. The number of benzene rings is 2. The summed E-state index contributed by atoms with van der Waals surface area (Å²) in [6.07, 6.45) is 1.36. The first-order chi connectivity index (χ1) is 10.6. The zero-order valence-corrected chi connectivity index (χ0v) is 11.7. The molecule has 110 valence electrons. The Hall–Kier alpha value is -3.22. The number of aliphatic imine (C=N–C) groups is 1. The van der Waals surface area contributed by atoms with Crippen molar-refractivity contribution in [3.63, 3.8) is 0 Å². The van der Waals surface area contributed by atoms with E-state index in [0.29, 0.717) is 5.95 Å². The molecule has 0 unspecified atom stereocenters. The second kappa shape index (κ2) is 5.28. The molecule has 3 rings (SSSR count). The fraction of sp³-hybridized carbons (Fsp3) is 0.0667. The Labute approximate surface area is 125 Å². The lowest BCUT2D eigenvalue weighted by atomic mass is 10.2. The number of nitrogens with zero attached hydrogens (tertiary/aromatic N) is 4. The molecule has 7 nitrogen and oxygen atoms in total. The van der Waals surface area contributed by atoms with Gasteiger partial charge >= 0.3 is 5.69 Å². The normalized spacial score (nSPS) is 11.3. The second-order valence-corrected chi connectivity index (χ2v) is 4.69. The maximum atomic E-state index is 10.8. The van der Waals surface area contributed by atoms with Crippen molar-refractivity contribution in [3.05, 3.63) is 58.1 Å². The van der Waals surface area contributed by atoms with E-state index in [9.17, 15) is 15.2 Å². The molecule has 2 aromatic carbocycles. The molecule has 0 radical (unpaired) electrons. The third-order valence-corrected chi connectivity index (χ3v) is 3.33. The van der Waals surface area contributed by atoms with Crippen molar-refractivity contribution in [2.24, 2.45) is 12.0 Å². The number of phenols is 1. The number of hydrogen-bond donors (Lipinski definition) is 1. The monoisotopic (exact) mass is 296 g/mol. The van der Waals surface area contributed by atoms with E-state index < -0.39 is 10.7 Å². The van der Waals surface area contributed by atoms with Crippen LogP contribution >= 0.6 is 0 Å². The summed E-state index contributed by atoms with van der Waals surface area (Å²) >= 11 is 0. The van der Waals surface area contributed by atoms with Crippen molar-refractivity contribution in [1.29, 1.82) is 0 Å². The summed E-state index contributed by atoms with van der Waals surface area (Å²) in [4.78, 5) is 18.8. The Morgan fingerprint density at radius 2 is 2.05 bits per heavy atom. The van der Waals surface area contributed by atoms with Crippen LogP contribution in [-0.2, 0) is 7.05 Å². The van der Waals surface area contributed by atoms with Crippen LogP contribution < -0.4 is 0 Å². The number of para-hydroxylation sites is 3. The van der Waals surface area contributed by atoms with Crippen LogP contribution in [0.5, 0.6) is 5.75 Å². The van der Waals surface area contributed by atoms with Gasteiger partial charge in [0.1, 0.15) is 0 Å². The minimum atomic E-state index is -0.637. The highest BCUT2D eigenvalue weighted by Crippen LogP contribution is 2.28. The molecule has 1 N–H and O–H groups in total. The van der Waals surface area contributed by atoms with E-state index in [-0.39, 0.29) is 11.3 Å². The zero-order chi connectivity index (χ0) is 15.7. The SMILES string of the molecule is Cn1c(N=Cc2cccc([N+](=O)[O-])c2O)nc2ccccc21. The number of aryl methyl sites for hydroxylation is 1. The number of aromatic nitrogens is 2. The van der Waals surface area contributed by atoms with Gasteiger partial charge in [-0.3, -0.25) is 10.1 Å². The van der Waals surface area contributed by atoms with Crippen LogP contribution in [0.3, 0.4) is 0 Å². The number of nitro benzene ring substituents is 1. The molecule has 1 aromatic heterocycles. The zero-order valence-electron chi connectivity index (χ0n) is 11.7. The van der Waals surface area contributed by atoms with Gasteiger partial charge in [-0.25, -0.2) is 9.98 Å². The Kier molecular flexibility index (Phi) is 3.30. The van der Waals surface area contributed by atoms with Crippen LogP contribution in [0.15, 0.2) is 47.5 Å². The Balaban J connectivity index is 2.02. The third kappa shape index (κ3) is 2.28. The predicted octanol–water partition coefficient (Wildman–Crippen LogP) is 2.94. The summed E-state index contributed by atoms with van der Waals surface area (Å²) in [5, 5.41) is 20.7. The van der Waals surface area contributed by atoms with Gasteiger partial charge in [-0.05, 0) is 18.2 Å². The lowest BCUT2D eigenvalue weighted by Gasteiger charge is -2.00. The van der Waals surface area contributed by atoms with Crippen molar-refractivity contribution >= 4 is 28.9 Å². The van der Waals surface area contributed by atoms with Crippen molar-refractivity contribution in [1.82, 2.24) is 9.55 Å². The number of aromatic hydroxyl groups is 1. The minimum absolute atomic E-state index is 0.265. The van der Waals surface area contributed by atoms with Crippen molar-refractivity contribution in [3.8, 4) is 5.75 Å². The molecule has 0 fully saturated rings. The van der Waals surface area contributed by atoms with Gasteiger partial charge < -0.3 is 9.67 Å². The maximum Gasteiger partial charge on any atom is 0.311 e. The van der Waals surface area contributed by atoms with E-state index >= 15 is 0 Å². The van der Waals surface area contributed by atoms with Gasteiger partial charge in [-0.1, -0.05) is 18.2 Å². The van der Waals surface area contributed by atoms with Gasteiger partial charge in [0.2, 0.25) is 11.7 Å². The van der Waals surface area contributed by atoms with E-state index in [1.165, 1.54) is 18.3 Å². The van der Waals surface area contributed by atoms with E-state index in [1.807, 2.05) is 31.3 Å². The van der Waals surface area contributed by atoms with Crippen LogP contribution in [0.2, 0.25) is 0 Å². The highest BCUT2D eigenvalue weighted by molar-refractivity contribution is 5.87. The summed E-state index contributed by atoms with van der Waals surface area (Å²) in [6.45, 7) is 0. The van der Waals surface area contributed by atoms with Crippen LogP contribution in [0.1, 0.15) is 5.56 Å². The van der Waals surface area contributed by atoms with Crippen molar-refractivity contribution in [2.75, 3.05) is 0 Å². The molecule has 22 heavy (non-hydrogen) atoms. The van der Waals surface area contributed by atoms with Crippen LogP contribution in [0.4, 0.5) is 11.6 Å². The molecular formula is C15H12N4O3. The highest BCUT2D eigenvalue weighted by atomic mass is 16.6. The predicted molar refractivity (Wildman–Crippen MR) is 82.7 cm³/mol. The topological polar surface area (TPSA) is 93.5 Å². The molecule has 3 aromatic rings. The first kappa shape index (κ1) is 13.7. The van der Waals surface area contributed by atoms with Gasteiger partial charge in [0.15, 0.2) is 0 Å². The molecule has 0 aliphatic carbocycles. The largest absolute Gasteiger partial charge is 0.502 e. The van der Waals surface area contributed by atoms with E-state index in [4.69, 9.17) is 0 Å². The first-order valence-electron chi connectivity index (χ1n) is 6.50. The average molecular weight is 296 g/mol. The Bertz CT molecular complexity index is 899. The summed E-state index contributed by atoms with van der Waals surface area (Å²) in [7, 11) is 1.83. The summed E-state index contributed by atoms with van der Waals surface area (Å²) in [5.41, 5.74) is 1.65. The van der Waals surface area contributed by atoms with Gasteiger partial charge in [0.25, 0.3) is 0 Å². The van der Waals surface area contributed by atoms with E-state index in [0.717, 1.165) is 11.0 Å². The number of fused-ring (bicyclic) bond motifs is 1. The fourth-order valence-corrected chi connectivity index (χ4v) is 2.18. The van der Waals surface area contributed by atoms with Gasteiger partial charge in [-0.2, -0.15) is 0 Å². The van der Waals surface area contributed by atoms with Crippen LogP contribution in [-0.4, -0.2) is 25.8 Å². The molecule has 0 saturated carbocycles. The molecular weight excluding hydrogens is 284 g/mol. The Morgan fingerprint density at radius 3 is 2.77 bits per heavy atom. The average Bonchev–Trinajstić information content (AvgIpc) is 2.83.